The number of hydrogen-bond donors (Lipinski definition) is 1. The van der Waals surface area contributed by atoms with E-state index >= 15 is 0 Å². The maximum atomic E-state index is 12.5. The maximum absolute atomic E-state index is 12.5. The molecule has 19 heavy (non-hydrogen) atoms. The van der Waals surface area contributed by atoms with E-state index in [-0.39, 0.29) is 5.78 Å². The zero-order chi connectivity index (χ0) is 13.8. The summed E-state index contributed by atoms with van der Waals surface area (Å²) in [5, 5.41) is 0. The van der Waals surface area contributed by atoms with Gasteiger partial charge in [0.15, 0.2) is 5.78 Å². The SMILES string of the molecule is COc1cc(OC)c(N)c(C(=O)C2=CCCCC2)c1. The monoisotopic (exact) mass is 261 g/mol. The number of methoxy groups -OCH3 is 2. The highest BCUT2D eigenvalue weighted by Crippen LogP contribution is 2.33. The Balaban J connectivity index is 2.42. The number of allylic oxidation sites excluding steroid dienone is 2. The molecule has 0 radical (unpaired) electrons. The summed E-state index contributed by atoms with van der Waals surface area (Å²) < 4.78 is 10.4. The number of anilines is 1. The Bertz CT molecular complexity index is 520. The van der Waals surface area contributed by atoms with Crippen molar-refractivity contribution in [2.24, 2.45) is 0 Å². The molecule has 1 aromatic carbocycles. The van der Waals surface area contributed by atoms with Crippen molar-refractivity contribution in [3.63, 3.8) is 0 Å². The Morgan fingerprint density at radius 1 is 1.21 bits per heavy atom. The summed E-state index contributed by atoms with van der Waals surface area (Å²) in [7, 11) is 3.08. The number of carbonyl (C=O) groups excluding carboxylic acids is 1. The summed E-state index contributed by atoms with van der Waals surface area (Å²) in [6, 6.07) is 3.36. The predicted octanol–water partition coefficient (Wildman–Crippen LogP) is 2.97. The largest absolute Gasteiger partial charge is 0.497 e. The van der Waals surface area contributed by atoms with E-state index in [1.54, 1.807) is 19.2 Å². The highest BCUT2D eigenvalue weighted by Gasteiger charge is 2.20. The lowest BCUT2D eigenvalue weighted by molar-refractivity contribution is 0.102. The fourth-order valence-electron chi connectivity index (χ4n) is 2.29. The van der Waals surface area contributed by atoms with Crippen LogP contribution in [0.15, 0.2) is 23.8 Å². The lowest BCUT2D eigenvalue weighted by Gasteiger charge is -2.15. The van der Waals surface area contributed by atoms with Crippen LogP contribution in [0.25, 0.3) is 0 Å². The number of nitrogens with two attached hydrogens (primary N) is 1. The highest BCUT2D eigenvalue weighted by atomic mass is 16.5. The number of benzene rings is 1. The number of Topliss-reactive ketones (excluding diaryl/α,β-unsaturated/α-hetero) is 1. The normalized spacial score (nSPS) is 14.7. The highest BCUT2D eigenvalue weighted by molar-refractivity contribution is 6.12. The summed E-state index contributed by atoms with van der Waals surface area (Å²) in [6.45, 7) is 0. The van der Waals surface area contributed by atoms with Gasteiger partial charge in [-0.15, -0.1) is 0 Å². The van der Waals surface area contributed by atoms with Crippen LogP contribution in [-0.2, 0) is 0 Å². The number of hydrogen-bond acceptors (Lipinski definition) is 4. The molecule has 4 heteroatoms. The first kappa shape index (κ1) is 13.5. The molecule has 0 bridgehead atoms. The van der Waals surface area contributed by atoms with Crippen molar-refractivity contribution in [1.82, 2.24) is 0 Å². The lowest BCUT2D eigenvalue weighted by atomic mass is 9.92. The molecule has 1 aliphatic rings. The van der Waals surface area contributed by atoms with Gasteiger partial charge in [-0.2, -0.15) is 0 Å². The molecule has 0 spiro atoms. The second-order valence-electron chi connectivity index (χ2n) is 4.60. The average molecular weight is 261 g/mol. The van der Waals surface area contributed by atoms with Crippen molar-refractivity contribution in [2.45, 2.75) is 25.7 Å². The predicted molar refractivity (Wildman–Crippen MR) is 74.8 cm³/mol. The third-order valence-electron chi connectivity index (χ3n) is 3.40. The van der Waals surface area contributed by atoms with E-state index in [0.717, 1.165) is 31.3 Å². The molecular weight excluding hydrogens is 242 g/mol. The molecule has 0 heterocycles. The quantitative estimate of drug-likeness (QED) is 0.668. The minimum atomic E-state index is -0.0191. The number of nitrogen functional groups attached to an aromatic ring is 1. The Kier molecular flexibility index (Phi) is 4.10. The summed E-state index contributed by atoms with van der Waals surface area (Å²) in [5.74, 6) is 1.03. The maximum Gasteiger partial charge on any atom is 0.191 e. The molecule has 0 aromatic heterocycles. The molecule has 0 amide bonds. The van der Waals surface area contributed by atoms with Crippen molar-refractivity contribution in [1.29, 1.82) is 0 Å². The Morgan fingerprint density at radius 3 is 2.58 bits per heavy atom. The number of ether oxygens (including phenoxy) is 2. The van der Waals surface area contributed by atoms with Crippen LogP contribution >= 0.6 is 0 Å². The number of ketones is 1. The van der Waals surface area contributed by atoms with Crippen molar-refractivity contribution < 1.29 is 14.3 Å². The Morgan fingerprint density at radius 2 is 2.00 bits per heavy atom. The standard InChI is InChI=1S/C15H19NO3/c1-18-11-8-12(14(16)13(9-11)19-2)15(17)10-6-4-3-5-7-10/h6,8-9H,3-5,7,16H2,1-2H3. The molecule has 0 aliphatic heterocycles. The summed E-state index contributed by atoms with van der Waals surface area (Å²) in [6.07, 6.45) is 5.99. The van der Waals surface area contributed by atoms with E-state index in [9.17, 15) is 4.79 Å². The molecule has 4 nitrogen and oxygen atoms in total. The smallest absolute Gasteiger partial charge is 0.191 e. The molecule has 0 atom stereocenters. The molecular formula is C15H19NO3. The van der Waals surface area contributed by atoms with Gasteiger partial charge >= 0.3 is 0 Å². The van der Waals surface area contributed by atoms with Gasteiger partial charge in [-0.1, -0.05) is 6.08 Å². The molecule has 0 unspecified atom stereocenters. The van der Waals surface area contributed by atoms with E-state index in [1.165, 1.54) is 7.11 Å². The van der Waals surface area contributed by atoms with Crippen molar-refractivity contribution in [2.75, 3.05) is 20.0 Å². The van der Waals surface area contributed by atoms with Gasteiger partial charge in [-0.25, -0.2) is 0 Å². The van der Waals surface area contributed by atoms with Crippen LogP contribution < -0.4 is 15.2 Å². The van der Waals surface area contributed by atoms with Gasteiger partial charge in [0.2, 0.25) is 0 Å². The minimum absolute atomic E-state index is 0.0191. The van der Waals surface area contributed by atoms with Crippen LogP contribution in [0.3, 0.4) is 0 Å². The first-order chi connectivity index (χ1) is 9.17. The topological polar surface area (TPSA) is 61.6 Å². The van der Waals surface area contributed by atoms with Crippen molar-refractivity contribution >= 4 is 11.5 Å². The molecule has 1 aliphatic carbocycles. The van der Waals surface area contributed by atoms with Gasteiger partial charge < -0.3 is 15.2 Å². The number of rotatable bonds is 4. The van der Waals surface area contributed by atoms with E-state index in [0.29, 0.717) is 22.7 Å². The van der Waals surface area contributed by atoms with Crippen LogP contribution in [0, 0.1) is 0 Å². The average Bonchev–Trinajstić information content (AvgIpc) is 2.47. The van der Waals surface area contributed by atoms with E-state index in [4.69, 9.17) is 15.2 Å². The molecule has 0 fully saturated rings. The summed E-state index contributed by atoms with van der Waals surface area (Å²) in [4.78, 5) is 12.5. The number of carbonyl (C=O) groups is 1. The van der Waals surface area contributed by atoms with Crippen LogP contribution in [0.1, 0.15) is 36.0 Å². The van der Waals surface area contributed by atoms with Gasteiger partial charge in [0.25, 0.3) is 0 Å². The zero-order valence-corrected chi connectivity index (χ0v) is 11.4. The van der Waals surface area contributed by atoms with Crippen LogP contribution in [0.4, 0.5) is 5.69 Å². The van der Waals surface area contributed by atoms with Crippen LogP contribution in [-0.4, -0.2) is 20.0 Å². The first-order valence-corrected chi connectivity index (χ1v) is 6.42. The van der Waals surface area contributed by atoms with Gasteiger partial charge in [0, 0.05) is 6.07 Å². The van der Waals surface area contributed by atoms with Gasteiger partial charge in [-0.3, -0.25) is 4.79 Å². The van der Waals surface area contributed by atoms with Gasteiger partial charge in [-0.05, 0) is 37.3 Å². The minimum Gasteiger partial charge on any atom is -0.497 e. The summed E-state index contributed by atoms with van der Waals surface area (Å²) >= 11 is 0. The van der Waals surface area contributed by atoms with E-state index in [1.807, 2.05) is 6.08 Å². The van der Waals surface area contributed by atoms with Crippen LogP contribution in [0.2, 0.25) is 0 Å². The lowest BCUT2D eigenvalue weighted by Crippen LogP contribution is -2.10. The second-order valence-corrected chi connectivity index (χ2v) is 4.60. The van der Waals surface area contributed by atoms with E-state index < -0.39 is 0 Å². The molecule has 1 aromatic rings. The zero-order valence-electron chi connectivity index (χ0n) is 11.4. The third-order valence-corrected chi connectivity index (χ3v) is 3.40. The molecule has 102 valence electrons. The Hall–Kier alpha value is -1.97. The van der Waals surface area contributed by atoms with Crippen molar-refractivity contribution in [3.05, 3.63) is 29.3 Å². The third kappa shape index (κ3) is 2.72. The second kappa shape index (κ2) is 5.78. The molecule has 0 saturated carbocycles. The fraction of sp³-hybridized carbons (Fsp3) is 0.400. The van der Waals surface area contributed by atoms with Crippen LogP contribution in [0.5, 0.6) is 11.5 Å². The first-order valence-electron chi connectivity index (χ1n) is 6.42. The molecule has 0 saturated heterocycles. The van der Waals surface area contributed by atoms with E-state index in [2.05, 4.69) is 0 Å². The van der Waals surface area contributed by atoms with Gasteiger partial charge in [0.05, 0.1) is 25.5 Å². The Labute approximate surface area is 113 Å². The molecule has 2 N–H and O–H groups in total. The fourth-order valence-corrected chi connectivity index (χ4v) is 2.29. The molecule has 2 rings (SSSR count). The van der Waals surface area contributed by atoms with Crippen molar-refractivity contribution in [3.8, 4) is 11.5 Å². The summed E-state index contributed by atoms with van der Waals surface area (Å²) in [5.41, 5.74) is 7.67. The van der Waals surface area contributed by atoms with Gasteiger partial charge in [0.1, 0.15) is 11.5 Å².